The molecule has 7 N–H and O–H groups in total. The number of benzene rings is 4. The standard InChI is InChI=1S/C42H34N4O6/c47-25-18-28-31(48)20-29(38(50)37(28)32(49)19-25)41-45-39(44-40(46-41)27-7-5-11-35-36(27)26-6-1-3-9-33(26)51-35)23-14-12-22-17-24(15-13-21(22)16-23)42-43-30-8-2-4-10-34(30)52-42/h1-11,13-19,22,31,39-40,42-49H,12,20H2. The average Bonchev–Trinajstić information content (AvgIpc) is 3.77. The predicted molar refractivity (Wildman–Crippen MR) is 196 cm³/mol. The summed E-state index contributed by atoms with van der Waals surface area (Å²) >= 11 is 0. The number of aromatic hydroxyl groups is 2. The largest absolute Gasteiger partial charge is 0.508 e. The van der Waals surface area contributed by atoms with Gasteiger partial charge in [0.15, 0.2) is 12.0 Å². The zero-order chi connectivity index (χ0) is 35.1. The molecule has 5 atom stereocenters. The Kier molecular flexibility index (Phi) is 6.86. The van der Waals surface area contributed by atoms with E-state index in [-0.39, 0.29) is 41.2 Å². The Morgan fingerprint density at radius 3 is 2.50 bits per heavy atom. The second-order valence-electron chi connectivity index (χ2n) is 13.8. The first-order valence-electron chi connectivity index (χ1n) is 17.4. The van der Waals surface area contributed by atoms with E-state index in [1.807, 2.05) is 66.7 Å². The lowest BCUT2D eigenvalue weighted by molar-refractivity contribution is 0.0966. The molecule has 1 aromatic heterocycles. The zero-order valence-corrected chi connectivity index (χ0v) is 27.8. The fraction of sp³-hybridized carbons (Fsp3) is 0.167. The highest BCUT2D eigenvalue weighted by Gasteiger charge is 2.38. The summed E-state index contributed by atoms with van der Waals surface area (Å²) < 4.78 is 12.4. The number of phenols is 2. The van der Waals surface area contributed by atoms with E-state index in [1.54, 1.807) is 0 Å². The van der Waals surface area contributed by atoms with E-state index < -0.39 is 24.2 Å². The minimum atomic E-state index is -1.11. The van der Waals surface area contributed by atoms with Crippen LogP contribution in [0.15, 0.2) is 142 Å². The van der Waals surface area contributed by atoms with Gasteiger partial charge in [0.05, 0.1) is 17.4 Å². The highest BCUT2D eigenvalue weighted by Crippen LogP contribution is 2.43. The van der Waals surface area contributed by atoms with E-state index >= 15 is 0 Å². The average molecular weight is 691 g/mol. The van der Waals surface area contributed by atoms with Gasteiger partial charge in [0.2, 0.25) is 0 Å². The maximum atomic E-state index is 14.1. The van der Waals surface area contributed by atoms with E-state index in [0.29, 0.717) is 11.4 Å². The van der Waals surface area contributed by atoms with Crippen LogP contribution in [0.3, 0.4) is 0 Å². The molecular formula is C42H34N4O6. The van der Waals surface area contributed by atoms with Crippen molar-refractivity contribution < 1.29 is 29.3 Å². The Morgan fingerprint density at radius 2 is 1.60 bits per heavy atom. The summed E-state index contributed by atoms with van der Waals surface area (Å²) in [6.45, 7) is 0. The summed E-state index contributed by atoms with van der Waals surface area (Å²) in [5, 5.41) is 48.2. The van der Waals surface area contributed by atoms with Gasteiger partial charge in [0, 0.05) is 45.9 Å². The first-order chi connectivity index (χ1) is 25.4. The first kappa shape index (κ1) is 30.6. The van der Waals surface area contributed by atoms with Gasteiger partial charge < -0.3 is 40.4 Å². The van der Waals surface area contributed by atoms with E-state index in [0.717, 1.165) is 68.1 Å². The molecule has 3 aliphatic carbocycles. The number of Topliss-reactive ketones (excluding diaryl/α,β-unsaturated/α-hetero) is 1. The van der Waals surface area contributed by atoms with E-state index in [2.05, 4.69) is 51.6 Å². The lowest BCUT2D eigenvalue weighted by atomic mass is 9.82. The molecule has 0 saturated carbocycles. The van der Waals surface area contributed by atoms with E-state index in [1.165, 1.54) is 6.07 Å². The van der Waals surface area contributed by atoms with Gasteiger partial charge in [0.25, 0.3) is 0 Å². The number of aliphatic hydroxyl groups excluding tert-OH is 1. The SMILES string of the molecule is O=C1C(=C2NC(C3=CCC4C=C(C5Nc6ccccc6O5)C=CC4=C3)NC(c3cccc4oc5ccccc5c34)N2)CC(O)c2cc(O)cc(O)c21. The van der Waals surface area contributed by atoms with Crippen molar-refractivity contribution in [2.75, 3.05) is 5.32 Å². The summed E-state index contributed by atoms with van der Waals surface area (Å²) in [5.41, 5.74) is 7.17. The third-order valence-corrected chi connectivity index (χ3v) is 10.6. The van der Waals surface area contributed by atoms with Crippen molar-refractivity contribution in [2.24, 2.45) is 5.92 Å². The summed E-state index contributed by atoms with van der Waals surface area (Å²) in [6, 6.07) is 24.3. The number of allylic oxidation sites excluding steroid dienone is 4. The maximum absolute atomic E-state index is 14.1. The number of rotatable bonds is 3. The number of anilines is 1. The summed E-state index contributed by atoms with van der Waals surface area (Å²) in [6.07, 6.45) is 9.39. The molecule has 10 heteroatoms. The molecule has 0 spiro atoms. The fourth-order valence-electron chi connectivity index (χ4n) is 8.14. The van der Waals surface area contributed by atoms with E-state index in [4.69, 9.17) is 9.15 Å². The maximum Gasteiger partial charge on any atom is 0.196 e. The van der Waals surface area contributed by atoms with Crippen LogP contribution in [0.4, 0.5) is 5.69 Å². The molecule has 10 nitrogen and oxygen atoms in total. The van der Waals surface area contributed by atoms with Crippen molar-refractivity contribution in [2.45, 2.75) is 37.5 Å². The first-order valence-corrected chi connectivity index (χ1v) is 17.4. The predicted octanol–water partition coefficient (Wildman–Crippen LogP) is 6.84. The molecule has 1 fully saturated rings. The molecule has 10 rings (SSSR count). The van der Waals surface area contributed by atoms with Gasteiger partial charge in [-0.3, -0.25) is 10.1 Å². The molecule has 52 heavy (non-hydrogen) atoms. The van der Waals surface area contributed by atoms with Gasteiger partial charge in [-0.25, -0.2) is 0 Å². The number of fused-ring (bicyclic) bond motifs is 6. The van der Waals surface area contributed by atoms with Crippen molar-refractivity contribution >= 4 is 33.4 Å². The minimum absolute atomic E-state index is 0.0119. The van der Waals surface area contributed by atoms with Crippen LogP contribution < -0.4 is 26.0 Å². The number of aliphatic hydroxyl groups is 1. The number of carbonyl (C=O) groups is 1. The van der Waals surface area contributed by atoms with Crippen LogP contribution in [0.2, 0.25) is 0 Å². The van der Waals surface area contributed by atoms with Gasteiger partial charge in [-0.1, -0.05) is 72.8 Å². The smallest absolute Gasteiger partial charge is 0.196 e. The van der Waals surface area contributed by atoms with Crippen LogP contribution in [0.25, 0.3) is 21.9 Å². The molecule has 5 aromatic rings. The van der Waals surface area contributed by atoms with Crippen molar-refractivity contribution in [3.8, 4) is 17.2 Å². The van der Waals surface area contributed by atoms with Gasteiger partial charge in [0.1, 0.15) is 46.6 Å². The third kappa shape index (κ3) is 4.90. The van der Waals surface area contributed by atoms with Crippen LogP contribution in [0, 0.1) is 5.92 Å². The molecule has 0 bridgehead atoms. The highest BCUT2D eigenvalue weighted by molar-refractivity contribution is 6.13. The van der Waals surface area contributed by atoms with Gasteiger partial charge >= 0.3 is 0 Å². The fourth-order valence-corrected chi connectivity index (χ4v) is 8.14. The van der Waals surface area contributed by atoms with Crippen molar-refractivity contribution in [1.82, 2.24) is 16.0 Å². The molecule has 258 valence electrons. The molecule has 1 saturated heterocycles. The summed E-state index contributed by atoms with van der Waals surface area (Å²) in [7, 11) is 0. The number of nitrogens with one attached hydrogen (secondary N) is 4. The molecule has 4 aromatic carbocycles. The Hall–Kier alpha value is -6.23. The van der Waals surface area contributed by atoms with Gasteiger partial charge in [-0.15, -0.1) is 0 Å². The molecule has 0 amide bonds. The van der Waals surface area contributed by atoms with Crippen molar-refractivity contribution in [1.29, 1.82) is 0 Å². The number of hydrogen-bond acceptors (Lipinski definition) is 10. The Balaban J connectivity index is 1.02. The molecule has 2 aliphatic heterocycles. The van der Waals surface area contributed by atoms with Crippen LogP contribution in [0.5, 0.6) is 17.2 Å². The zero-order valence-electron chi connectivity index (χ0n) is 27.8. The molecule has 5 unspecified atom stereocenters. The number of ketones is 1. The number of furan rings is 1. The van der Waals surface area contributed by atoms with Crippen molar-refractivity contribution in [3.63, 3.8) is 0 Å². The van der Waals surface area contributed by atoms with Crippen molar-refractivity contribution in [3.05, 3.63) is 154 Å². The Labute approximate surface area is 298 Å². The van der Waals surface area contributed by atoms with E-state index in [9.17, 15) is 20.1 Å². The number of ether oxygens (including phenoxy) is 1. The monoisotopic (exact) mass is 690 g/mol. The van der Waals surface area contributed by atoms with Gasteiger partial charge in [-0.2, -0.15) is 0 Å². The summed E-state index contributed by atoms with van der Waals surface area (Å²) in [5.74, 6) is 0.448. The number of hydrogen-bond donors (Lipinski definition) is 7. The molecular weight excluding hydrogens is 656 g/mol. The molecule has 3 heterocycles. The topological polar surface area (TPSA) is 148 Å². The normalized spacial score (nSPS) is 26.2. The Bertz CT molecular complexity index is 2480. The van der Waals surface area contributed by atoms with Crippen LogP contribution in [0.1, 0.15) is 46.6 Å². The number of phenolic OH excluding ortho intramolecular Hbond substituents is 2. The molecule has 5 aliphatic rings. The second-order valence-corrected chi connectivity index (χ2v) is 13.8. The lowest BCUT2D eigenvalue weighted by Crippen LogP contribution is -2.57. The second kappa shape index (κ2) is 11.7. The van der Waals surface area contributed by atoms with Gasteiger partial charge in [-0.05, 0) is 53.5 Å². The molecule has 0 radical (unpaired) electrons. The highest BCUT2D eigenvalue weighted by atomic mass is 16.5. The number of carbonyl (C=O) groups excluding carboxylic acids is 1. The lowest BCUT2D eigenvalue weighted by Gasteiger charge is -2.40. The Morgan fingerprint density at radius 1 is 0.788 bits per heavy atom. The minimum Gasteiger partial charge on any atom is -0.508 e. The quantitative estimate of drug-likeness (QED) is 0.100. The van der Waals surface area contributed by atoms with Crippen LogP contribution >= 0.6 is 0 Å². The third-order valence-electron chi connectivity index (χ3n) is 10.6. The van der Waals surface area contributed by atoms with Crippen LogP contribution in [-0.4, -0.2) is 33.5 Å². The summed E-state index contributed by atoms with van der Waals surface area (Å²) in [4.78, 5) is 14.1. The van der Waals surface area contributed by atoms with Crippen LogP contribution in [-0.2, 0) is 0 Å². The number of para-hydroxylation sites is 3.